The lowest BCUT2D eigenvalue weighted by molar-refractivity contribution is 0.0766. The smallest absolute Gasteiger partial charge is 0.257 e. The van der Waals surface area contributed by atoms with E-state index in [0.717, 1.165) is 5.56 Å². The molecule has 0 aliphatic carbocycles. The van der Waals surface area contributed by atoms with Gasteiger partial charge in [-0.05, 0) is 37.6 Å². The van der Waals surface area contributed by atoms with Crippen molar-refractivity contribution in [1.29, 1.82) is 0 Å². The van der Waals surface area contributed by atoms with E-state index in [1.807, 2.05) is 19.1 Å². The summed E-state index contributed by atoms with van der Waals surface area (Å²) in [4.78, 5) is 14.2. The molecule has 0 bridgehead atoms. The van der Waals surface area contributed by atoms with E-state index in [9.17, 15) is 13.2 Å². The second kappa shape index (κ2) is 7.11. The lowest BCUT2D eigenvalue weighted by atomic mass is 10.1. The molecule has 0 unspecified atom stereocenters. The van der Waals surface area contributed by atoms with E-state index >= 15 is 0 Å². The molecule has 1 aromatic carbocycles. The number of sulfone groups is 1. The summed E-state index contributed by atoms with van der Waals surface area (Å²) in [5.41, 5.74) is 6.93. The average Bonchev–Trinajstić information content (AvgIpc) is 2.47. The van der Waals surface area contributed by atoms with Crippen LogP contribution in [0.1, 0.15) is 22.3 Å². The number of hydrogen-bond donors (Lipinski definition) is 1. The van der Waals surface area contributed by atoms with E-state index in [4.69, 9.17) is 10.5 Å². The van der Waals surface area contributed by atoms with Crippen molar-refractivity contribution in [1.82, 2.24) is 4.90 Å². The molecule has 1 aromatic rings. The average molecular weight is 326 g/mol. The standard InChI is InChI=1S/C15H22N2O4S/c1-12-3-4-13(14(11-12)21-8-2-5-16)15(18)17-6-9-22(19,20)10-7-17/h3-4,11H,2,5-10,16H2,1H3. The molecule has 0 aromatic heterocycles. The van der Waals surface area contributed by atoms with Gasteiger partial charge in [0.1, 0.15) is 5.75 Å². The third-order valence-corrected chi connectivity index (χ3v) is 5.21. The Hall–Kier alpha value is -1.60. The van der Waals surface area contributed by atoms with Crippen LogP contribution in [0, 0.1) is 6.92 Å². The Kier molecular flexibility index (Phi) is 5.42. The number of aryl methyl sites for hydroxylation is 1. The van der Waals surface area contributed by atoms with Crippen molar-refractivity contribution in [2.24, 2.45) is 5.73 Å². The van der Waals surface area contributed by atoms with Crippen LogP contribution in [0.4, 0.5) is 0 Å². The molecule has 2 N–H and O–H groups in total. The lowest BCUT2D eigenvalue weighted by Crippen LogP contribution is -2.43. The molecular weight excluding hydrogens is 304 g/mol. The SMILES string of the molecule is Cc1ccc(C(=O)N2CCS(=O)(=O)CC2)c(OCCCN)c1. The van der Waals surface area contributed by atoms with Gasteiger partial charge in [-0.15, -0.1) is 0 Å². The normalized spacial score (nSPS) is 17.3. The summed E-state index contributed by atoms with van der Waals surface area (Å²) in [6.07, 6.45) is 0.712. The first-order valence-corrected chi connectivity index (χ1v) is 9.18. The number of ether oxygens (including phenoxy) is 1. The van der Waals surface area contributed by atoms with Crippen molar-refractivity contribution < 1.29 is 17.9 Å². The van der Waals surface area contributed by atoms with Gasteiger partial charge in [0.15, 0.2) is 9.84 Å². The zero-order chi connectivity index (χ0) is 16.2. The first-order valence-electron chi connectivity index (χ1n) is 7.36. The quantitative estimate of drug-likeness (QED) is 0.800. The Morgan fingerprint density at radius 1 is 1.32 bits per heavy atom. The van der Waals surface area contributed by atoms with Crippen LogP contribution in [0.25, 0.3) is 0 Å². The number of carbonyl (C=O) groups excluding carboxylic acids is 1. The van der Waals surface area contributed by atoms with Crippen LogP contribution in [0.3, 0.4) is 0 Å². The maximum absolute atomic E-state index is 12.6. The number of carbonyl (C=O) groups is 1. The maximum atomic E-state index is 12.6. The molecule has 7 heteroatoms. The fourth-order valence-corrected chi connectivity index (χ4v) is 3.48. The van der Waals surface area contributed by atoms with Crippen molar-refractivity contribution in [2.75, 3.05) is 37.7 Å². The van der Waals surface area contributed by atoms with Gasteiger partial charge in [-0.1, -0.05) is 6.07 Å². The predicted molar refractivity (Wildman–Crippen MR) is 84.9 cm³/mol. The van der Waals surface area contributed by atoms with Gasteiger partial charge in [0.05, 0.1) is 23.7 Å². The Balaban J connectivity index is 2.15. The molecule has 1 aliphatic rings. The van der Waals surface area contributed by atoms with E-state index < -0.39 is 9.84 Å². The number of nitrogens with zero attached hydrogens (tertiary/aromatic N) is 1. The van der Waals surface area contributed by atoms with E-state index in [0.29, 0.717) is 30.9 Å². The van der Waals surface area contributed by atoms with Crippen molar-refractivity contribution in [3.05, 3.63) is 29.3 Å². The molecule has 22 heavy (non-hydrogen) atoms. The van der Waals surface area contributed by atoms with Gasteiger partial charge < -0.3 is 15.4 Å². The third-order valence-electron chi connectivity index (χ3n) is 3.61. The highest BCUT2D eigenvalue weighted by Gasteiger charge is 2.27. The monoisotopic (exact) mass is 326 g/mol. The van der Waals surface area contributed by atoms with Gasteiger partial charge in [0, 0.05) is 13.1 Å². The highest BCUT2D eigenvalue weighted by atomic mass is 32.2. The van der Waals surface area contributed by atoms with Crippen molar-refractivity contribution >= 4 is 15.7 Å². The van der Waals surface area contributed by atoms with Gasteiger partial charge in [0.2, 0.25) is 0 Å². The van der Waals surface area contributed by atoms with Crippen LogP contribution in [-0.4, -0.2) is 57.0 Å². The van der Waals surface area contributed by atoms with Crippen LogP contribution < -0.4 is 10.5 Å². The van der Waals surface area contributed by atoms with Crippen LogP contribution in [0.5, 0.6) is 5.75 Å². The van der Waals surface area contributed by atoms with Gasteiger partial charge in [0.25, 0.3) is 5.91 Å². The fourth-order valence-electron chi connectivity index (χ4n) is 2.28. The van der Waals surface area contributed by atoms with Crippen molar-refractivity contribution in [2.45, 2.75) is 13.3 Å². The Labute approximate surface area is 131 Å². The predicted octanol–water partition coefficient (Wildman–Crippen LogP) is 0.593. The van der Waals surface area contributed by atoms with Crippen LogP contribution in [0.2, 0.25) is 0 Å². The summed E-state index contributed by atoms with van der Waals surface area (Å²) in [7, 11) is -3.00. The molecule has 1 saturated heterocycles. The maximum Gasteiger partial charge on any atom is 0.257 e. The van der Waals surface area contributed by atoms with Gasteiger partial charge >= 0.3 is 0 Å². The molecule has 1 aliphatic heterocycles. The van der Waals surface area contributed by atoms with Crippen LogP contribution in [-0.2, 0) is 9.84 Å². The molecule has 1 heterocycles. The molecule has 0 radical (unpaired) electrons. The molecule has 2 rings (SSSR count). The molecule has 0 atom stereocenters. The lowest BCUT2D eigenvalue weighted by Gasteiger charge is -2.27. The van der Waals surface area contributed by atoms with E-state index in [-0.39, 0.29) is 30.5 Å². The number of rotatable bonds is 5. The minimum Gasteiger partial charge on any atom is -0.493 e. The second-order valence-electron chi connectivity index (χ2n) is 5.43. The zero-order valence-electron chi connectivity index (χ0n) is 12.7. The topological polar surface area (TPSA) is 89.7 Å². The van der Waals surface area contributed by atoms with E-state index in [1.165, 1.54) is 0 Å². The minimum absolute atomic E-state index is 0.0218. The molecule has 1 amide bonds. The first-order chi connectivity index (χ1) is 10.4. The number of nitrogens with two attached hydrogens (primary N) is 1. The largest absolute Gasteiger partial charge is 0.493 e. The molecule has 1 fully saturated rings. The number of hydrogen-bond acceptors (Lipinski definition) is 5. The summed E-state index contributed by atoms with van der Waals surface area (Å²) < 4.78 is 28.6. The summed E-state index contributed by atoms with van der Waals surface area (Å²) in [5.74, 6) is 0.395. The van der Waals surface area contributed by atoms with Crippen LogP contribution >= 0.6 is 0 Å². The van der Waals surface area contributed by atoms with Crippen LogP contribution in [0.15, 0.2) is 18.2 Å². The second-order valence-corrected chi connectivity index (χ2v) is 7.74. The highest BCUT2D eigenvalue weighted by molar-refractivity contribution is 7.91. The summed E-state index contributed by atoms with van der Waals surface area (Å²) in [5, 5.41) is 0. The Morgan fingerprint density at radius 2 is 2.00 bits per heavy atom. The number of amides is 1. The van der Waals surface area contributed by atoms with Crippen molar-refractivity contribution in [3.63, 3.8) is 0 Å². The zero-order valence-corrected chi connectivity index (χ0v) is 13.6. The minimum atomic E-state index is -3.00. The van der Waals surface area contributed by atoms with E-state index in [1.54, 1.807) is 11.0 Å². The third kappa shape index (κ3) is 4.20. The van der Waals surface area contributed by atoms with Gasteiger partial charge in [-0.25, -0.2) is 8.42 Å². The van der Waals surface area contributed by atoms with Gasteiger partial charge in [-0.2, -0.15) is 0 Å². The number of benzene rings is 1. The highest BCUT2D eigenvalue weighted by Crippen LogP contribution is 2.23. The summed E-state index contributed by atoms with van der Waals surface area (Å²) in [6.45, 7) is 3.37. The van der Waals surface area contributed by atoms with Gasteiger partial charge in [-0.3, -0.25) is 4.79 Å². The molecule has 6 nitrogen and oxygen atoms in total. The molecule has 0 saturated carbocycles. The Morgan fingerprint density at radius 3 is 2.64 bits per heavy atom. The fraction of sp³-hybridized carbons (Fsp3) is 0.533. The Bertz CT molecular complexity index is 629. The molecular formula is C15H22N2O4S. The summed E-state index contributed by atoms with van der Waals surface area (Å²) >= 11 is 0. The molecule has 122 valence electrons. The molecule has 0 spiro atoms. The van der Waals surface area contributed by atoms with Crippen molar-refractivity contribution in [3.8, 4) is 5.75 Å². The first kappa shape index (κ1) is 16.8. The van der Waals surface area contributed by atoms with E-state index in [2.05, 4.69) is 0 Å². The summed E-state index contributed by atoms with van der Waals surface area (Å²) in [6, 6.07) is 5.41.